The number of hydrogen-bond donors (Lipinski definition) is 0. The predicted octanol–water partition coefficient (Wildman–Crippen LogP) is 1.08. The Bertz CT molecular complexity index is 363. The molecule has 0 saturated carbocycles. The van der Waals surface area contributed by atoms with E-state index in [0.717, 1.165) is 0 Å². The van der Waals surface area contributed by atoms with Crippen molar-refractivity contribution in [3.05, 3.63) is 29.3 Å². The Morgan fingerprint density at radius 1 is 1.67 bits per heavy atom. The van der Waals surface area contributed by atoms with Crippen LogP contribution < -0.4 is 0 Å². The van der Waals surface area contributed by atoms with Crippen molar-refractivity contribution in [3.63, 3.8) is 0 Å². The molecule has 1 heterocycles. The summed E-state index contributed by atoms with van der Waals surface area (Å²) < 4.78 is 12.7. The van der Waals surface area contributed by atoms with Crippen LogP contribution in [-0.4, -0.2) is 11.3 Å². The Morgan fingerprint density at radius 2 is 2.42 bits per heavy atom. The SMILES string of the molecule is Cc1c(C#CC=O)ccnc1F. The third-order valence-corrected chi connectivity index (χ3v) is 1.41. The van der Waals surface area contributed by atoms with Crippen LogP contribution in [0.3, 0.4) is 0 Å². The van der Waals surface area contributed by atoms with Crippen molar-refractivity contribution in [1.29, 1.82) is 0 Å². The monoisotopic (exact) mass is 163 g/mol. The van der Waals surface area contributed by atoms with Gasteiger partial charge in [-0.25, -0.2) is 4.98 Å². The Labute approximate surface area is 69.4 Å². The van der Waals surface area contributed by atoms with Crippen molar-refractivity contribution >= 4 is 6.29 Å². The average Bonchev–Trinajstić information content (AvgIpc) is 2.08. The second-order valence-electron chi connectivity index (χ2n) is 2.16. The van der Waals surface area contributed by atoms with Crippen molar-refractivity contribution < 1.29 is 9.18 Å². The number of pyridine rings is 1. The van der Waals surface area contributed by atoms with Gasteiger partial charge in [0.25, 0.3) is 0 Å². The lowest BCUT2D eigenvalue weighted by molar-refractivity contribution is -0.103. The van der Waals surface area contributed by atoms with Gasteiger partial charge >= 0.3 is 0 Å². The lowest BCUT2D eigenvalue weighted by Gasteiger charge is -1.96. The third-order valence-electron chi connectivity index (χ3n) is 1.41. The van der Waals surface area contributed by atoms with Crippen LogP contribution in [0, 0.1) is 24.7 Å². The van der Waals surface area contributed by atoms with Crippen molar-refractivity contribution in [2.75, 3.05) is 0 Å². The maximum atomic E-state index is 12.7. The Kier molecular flexibility index (Phi) is 2.54. The second kappa shape index (κ2) is 3.63. The van der Waals surface area contributed by atoms with E-state index in [0.29, 0.717) is 17.4 Å². The number of carbonyl (C=O) groups excluding carboxylic acids is 1. The van der Waals surface area contributed by atoms with E-state index in [-0.39, 0.29) is 0 Å². The zero-order valence-electron chi connectivity index (χ0n) is 6.47. The lowest BCUT2D eigenvalue weighted by atomic mass is 10.1. The van der Waals surface area contributed by atoms with E-state index in [2.05, 4.69) is 16.8 Å². The van der Waals surface area contributed by atoms with Gasteiger partial charge in [-0.3, -0.25) is 4.79 Å². The van der Waals surface area contributed by atoms with E-state index < -0.39 is 5.95 Å². The fraction of sp³-hybridized carbons (Fsp3) is 0.111. The fourth-order valence-electron chi connectivity index (χ4n) is 0.753. The van der Waals surface area contributed by atoms with E-state index in [1.165, 1.54) is 6.20 Å². The molecule has 60 valence electrons. The quantitative estimate of drug-likeness (QED) is 0.325. The molecule has 0 atom stereocenters. The van der Waals surface area contributed by atoms with Gasteiger partial charge < -0.3 is 0 Å². The van der Waals surface area contributed by atoms with Gasteiger partial charge in [-0.15, -0.1) is 0 Å². The molecule has 0 aliphatic rings. The second-order valence-corrected chi connectivity index (χ2v) is 2.16. The molecule has 3 heteroatoms. The minimum Gasteiger partial charge on any atom is -0.289 e. The van der Waals surface area contributed by atoms with Gasteiger partial charge in [-0.1, -0.05) is 5.92 Å². The molecule has 0 aromatic carbocycles. The highest BCUT2D eigenvalue weighted by Crippen LogP contribution is 2.07. The first-order valence-corrected chi connectivity index (χ1v) is 3.32. The fourth-order valence-corrected chi connectivity index (χ4v) is 0.753. The zero-order chi connectivity index (χ0) is 8.97. The van der Waals surface area contributed by atoms with Gasteiger partial charge in [0.05, 0.1) is 0 Å². The minimum atomic E-state index is -0.548. The average molecular weight is 163 g/mol. The number of rotatable bonds is 0. The summed E-state index contributed by atoms with van der Waals surface area (Å²) in [6, 6.07) is 1.56. The molecular weight excluding hydrogens is 157 g/mol. The molecule has 2 nitrogen and oxygen atoms in total. The number of aromatic nitrogens is 1. The molecule has 0 unspecified atom stereocenters. The standard InChI is InChI=1S/C9H6FNO/c1-7-8(3-2-6-12)4-5-11-9(7)10/h4-6H,1H3. The van der Waals surface area contributed by atoms with Gasteiger partial charge in [0, 0.05) is 17.3 Å². The normalized spacial score (nSPS) is 8.50. The van der Waals surface area contributed by atoms with Gasteiger partial charge in [-0.2, -0.15) is 4.39 Å². The molecule has 12 heavy (non-hydrogen) atoms. The van der Waals surface area contributed by atoms with Gasteiger partial charge in [-0.05, 0) is 18.9 Å². The number of halogens is 1. The molecular formula is C9H6FNO. The summed E-state index contributed by atoms with van der Waals surface area (Å²) in [7, 11) is 0. The zero-order valence-corrected chi connectivity index (χ0v) is 6.47. The van der Waals surface area contributed by atoms with Gasteiger partial charge in [0.1, 0.15) is 0 Å². The molecule has 1 aromatic heterocycles. The van der Waals surface area contributed by atoms with Crippen molar-refractivity contribution in [3.8, 4) is 11.8 Å². The van der Waals surface area contributed by atoms with E-state index in [1.54, 1.807) is 13.0 Å². The van der Waals surface area contributed by atoms with Crippen LogP contribution in [0.15, 0.2) is 12.3 Å². The van der Waals surface area contributed by atoms with Crippen LogP contribution in [0.4, 0.5) is 4.39 Å². The smallest absolute Gasteiger partial charge is 0.216 e. The molecule has 0 saturated heterocycles. The number of aldehydes is 1. The summed E-state index contributed by atoms with van der Waals surface area (Å²) in [6.45, 7) is 1.57. The first-order valence-electron chi connectivity index (χ1n) is 3.32. The summed E-state index contributed by atoms with van der Waals surface area (Å²) in [5, 5.41) is 0. The first-order chi connectivity index (χ1) is 5.75. The van der Waals surface area contributed by atoms with E-state index in [4.69, 9.17) is 0 Å². The maximum Gasteiger partial charge on any atom is 0.216 e. The molecule has 1 rings (SSSR count). The van der Waals surface area contributed by atoms with Crippen molar-refractivity contribution in [2.45, 2.75) is 6.92 Å². The molecule has 0 fully saturated rings. The van der Waals surface area contributed by atoms with Crippen LogP contribution in [-0.2, 0) is 4.79 Å². The van der Waals surface area contributed by atoms with Crippen LogP contribution in [0.25, 0.3) is 0 Å². The number of carbonyl (C=O) groups is 1. The molecule has 0 radical (unpaired) electrons. The number of hydrogen-bond acceptors (Lipinski definition) is 2. The summed E-state index contributed by atoms with van der Waals surface area (Å²) in [5.41, 5.74) is 0.862. The van der Waals surface area contributed by atoms with E-state index >= 15 is 0 Å². The Hall–Kier alpha value is -1.69. The van der Waals surface area contributed by atoms with Crippen molar-refractivity contribution in [2.24, 2.45) is 0 Å². The highest BCUT2D eigenvalue weighted by Gasteiger charge is 2.00. The molecule has 0 amide bonds. The highest BCUT2D eigenvalue weighted by molar-refractivity contribution is 5.74. The van der Waals surface area contributed by atoms with E-state index in [9.17, 15) is 9.18 Å². The number of nitrogens with zero attached hydrogens (tertiary/aromatic N) is 1. The van der Waals surface area contributed by atoms with Gasteiger partial charge in [0.15, 0.2) is 6.29 Å². The Morgan fingerprint density at radius 3 is 3.08 bits per heavy atom. The molecule has 0 aliphatic heterocycles. The molecule has 0 N–H and O–H groups in total. The lowest BCUT2D eigenvalue weighted by Crippen LogP contribution is -1.90. The minimum absolute atomic E-state index is 0.367. The Balaban J connectivity index is 3.16. The van der Waals surface area contributed by atoms with Crippen LogP contribution in [0.2, 0.25) is 0 Å². The summed E-state index contributed by atoms with van der Waals surface area (Å²) >= 11 is 0. The molecule has 0 bridgehead atoms. The van der Waals surface area contributed by atoms with E-state index in [1.807, 2.05) is 0 Å². The summed E-state index contributed by atoms with van der Waals surface area (Å²) in [5.74, 6) is 4.16. The molecule has 0 aliphatic carbocycles. The topological polar surface area (TPSA) is 30.0 Å². The molecule has 1 aromatic rings. The highest BCUT2D eigenvalue weighted by atomic mass is 19.1. The van der Waals surface area contributed by atoms with Crippen LogP contribution >= 0.6 is 0 Å². The van der Waals surface area contributed by atoms with Crippen molar-refractivity contribution in [1.82, 2.24) is 4.98 Å². The van der Waals surface area contributed by atoms with Crippen LogP contribution in [0.5, 0.6) is 0 Å². The maximum absolute atomic E-state index is 12.7. The third kappa shape index (κ3) is 1.67. The molecule has 0 spiro atoms. The summed E-state index contributed by atoms with van der Waals surface area (Å²) in [4.78, 5) is 13.3. The van der Waals surface area contributed by atoms with Gasteiger partial charge in [0.2, 0.25) is 5.95 Å². The summed E-state index contributed by atoms with van der Waals surface area (Å²) in [6.07, 6.45) is 1.79. The predicted molar refractivity (Wildman–Crippen MR) is 41.9 cm³/mol. The first kappa shape index (κ1) is 8.41. The van der Waals surface area contributed by atoms with Crippen LogP contribution in [0.1, 0.15) is 11.1 Å². The largest absolute Gasteiger partial charge is 0.289 e.